The SMILES string of the molecule is CCOCCCNC(=O)Nc1ccc(N(C)C)cc1. The van der Waals surface area contributed by atoms with Gasteiger partial charge in [-0.1, -0.05) is 0 Å². The van der Waals surface area contributed by atoms with Gasteiger partial charge in [0.1, 0.15) is 0 Å². The Labute approximate surface area is 114 Å². The maximum Gasteiger partial charge on any atom is 0.319 e. The van der Waals surface area contributed by atoms with Gasteiger partial charge in [0.15, 0.2) is 0 Å². The summed E-state index contributed by atoms with van der Waals surface area (Å²) < 4.78 is 5.19. The van der Waals surface area contributed by atoms with Gasteiger partial charge < -0.3 is 20.3 Å². The summed E-state index contributed by atoms with van der Waals surface area (Å²) in [5.41, 5.74) is 1.88. The molecule has 0 aromatic heterocycles. The highest BCUT2D eigenvalue weighted by molar-refractivity contribution is 5.89. The maximum absolute atomic E-state index is 11.6. The molecule has 0 spiro atoms. The van der Waals surface area contributed by atoms with Crippen molar-refractivity contribution in [3.8, 4) is 0 Å². The molecule has 1 aromatic rings. The second-order valence-electron chi connectivity index (χ2n) is 4.37. The number of carbonyl (C=O) groups is 1. The number of benzene rings is 1. The summed E-state index contributed by atoms with van der Waals surface area (Å²) in [6.07, 6.45) is 0.820. The molecule has 2 N–H and O–H groups in total. The molecule has 2 amide bonds. The first-order valence-corrected chi connectivity index (χ1v) is 6.53. The highest BCUT2D eigenvalue weighted by Gasteiger charge is 2.01. The summed E-state index contributed by atoms with van der Waals surface area (Å²) in [5, 5.41) is 5.58. The van der Waals surface area contributed by atoms with E-state index in [-0.39, 0.29) is 6.03 Å². The lowest BCUT2D eigenvalue weighted by Crippen LogP contribution is -2.30. The van der Waals surface area contributed by atoms with Crippen LogP contribution in [0.15, 0.2) is 24.3 Å². The van der Waals surface area contributed by atoms with E-state index in [1.165, 1.54) is 0 Å². The van der Waals surface area contributed by atoms with Gasteiger partial charge in [-0.3, -0.25) is 0 Å². The number of nitrogens with one attached hydrogen (secondary N) is 2. The Kier molecular flexibility index (Phi) is 6.74. The molecule has 19 heavy (non-hydrogen) atoms. The Morgan fingerprint density at radius 1 is 1.26 bits per heavy atom. The normalized spacial score (nSPS) is 10.1. The predicted octanol–water partition coefficient (Wildman–Crippen LogP) is 2.30. The molecule has 0 radical (unpaired) electrons. The van der Waals surface area contributed by atoms with E-state index >= 15 is 0 Å². The molecule has 0 aliphatic rings. The summed E-state index contributed by atoms with van der Waals surface area (Å²) in [4.78, 5) is 13.6. The van der Waals surface area contributed by atoms with Gasteiger partial charge in [-0.05, 0) is 37.6 Å². The molecule has 1 rings (SSSR count). The number of anilines is 2. The monoisotopic (exact) mass is 265 g/mol. The second kappa shape index (κ2) is 8.37. The molecule has 0 fully saturated rings. The van der Waals surface area contributed by atoms with Crippen molar-refractivity contribution in [1.82, 2.24) is 5.32 Å². The van der Waals surface area contributed by atoms with Crippen molar-refractivity contribution in [3.05, 3.63) is 24.3 Å². The lowest BCUT2D eigenvalue weighted by Gasteiger charge is -2.13. The summed E-state index contributed by atoms with van der Waals surface area (Å²) in [6.45, 7) is 3.96. The molecular weight excluding hydrogens is 242 g/mol. The van der Waals surface area contributed by atoms with Crippen LogP contribution in [0.4, 0.5) is 16.2 Å². The highest BCUT2D eigenvalue weighted by atomic mass is 16.5. The van der Waals surface area contributed by atoms with Crippen LogP contribution in [-0.4, -0.2) is 39.9 Å². The van der Waals surface area contributed by atoms with Crippen LogP contribution in [0.1, 0.15) is 13.3 Å². The maximum atomic E-state index is 11.6. The summed E-state index contributed by atoms with van der Waals surface area (Å²) in [7, 11) is 3.96. The van der Waals surface area contributed by atoms with E-state index in [9.17, 15) is 4.79 Å². The Bertz CT molecular complexity index is 377. The Hall–Kier alpha value is -1.75. The van der Waals surface area contributed by atoms with Gasteiger partial charge in [0.05, 0.1) is 0 Å². The van der Waals surface area contributed by atoms with Gasteiger partial charge in [0, 0.05) is 45.2 Å². The first-order chi connectivity index (χ1) is 9.13. The zero-order valence-electron chi connectivity index (χ0n) is 11.9. The van der Waals surface area contributed by atoms with Crippen molar-refractivity contribution in [1.29, 1.82) is 0 Å². The van der Waals surface area contributed by atoms with E-state index < -0.39 is 0 Å². The van der Waals surface area contributed by atoms with Crippen LogP contribution in [0.2, 0.25) is 0 Å². The fourth-order valence-electron chi connectivity index (χ4n) is 1.54. The third-order valence-electron chi connectivity index (χ3n) is 2.60. The molecule has 5 nitrogen and oxygen atoms in total. The number of ether oxygens (including phenoxy) is 1. The van der Waals surface area contributed by atoms with E-state index in [1.807, 2.05) is 50.2 Å². The van der Waals surface area contributed by atoms with Gasteiger partial charge >= 0.3 is 6.03 Å². The van der Waals surface area contributed by atoms with Crippen molar-refractivity contribution in [2.45, 2.75) is 13.3 Å². The molecule has 0 aliphatic carbocycles. The Balaban J connectivity index is 2.28. The van der Waals surface area contributed by atoms with Crippen LogP contribution in [0, 0.1) is 0 Å². The molecule has 0 unspecified atom stereocenters. The lowest BCUT2D eigenvalue weighted by molar-refractivity contribution is 0.145. The van der Waals surface area contributed by atoms with Gasteiger partial charge in [0.25, 0.3) is 0 Å². The molecular formula is C14H23N3O2. The second-order valence-corrected chi connectivity index (χ2v) is 4.37. The zero-order chi connectivity index (χ0) is 14.1. The number of hydrogen-bond acceptors (Lipinski definition) is 3. The lowest BCUT2D eigenvalue weighted by atomic mass is 10.2. The van der Waals surface area contributed by atoms with E-state index in [0.29, 0.717) is 19.8 Å². The first kappa shape index (κ1) is 15.3. The third kappa shape index (κ3) is 6.10. The summed E-state index contributed by atoms with van der Waals surface area (Å²) in [6, 6.07) is 7.51. The molecule has 0 bridgehead atoms. The van der Waals surface area contributed by atoms with E-state index in [2.05, 4.69) is 10.6 Å². The standard InChI is InChI=1S/C14H23N3O2/c1-4-19-11-5-10-15-14(18)16-12-6-8-13(9-7-12)17(2)3/h6-9H,4-5,10-11H2,1-3H3,(H2,15,16,18). The number of amides is 2. The molecule has 0 atom stereocenters. The van der Waals surface area contributed by atoms with Crippen molar-refractivity contribution in [2.75, 3.05) is 44.1 Å². The number of nitrogens with zero attached hydrogens (tertiary/aromatic N) is 1. The Morgan fingerprint density at radius 3 is 2.53 bits per heavy atom. The van der Waals surface area contributed by atoms with Gasteiger partial charge in [-0.25, -0.2) is 4.79 Å². The fourth-order valence-corrected chi connectivity index (χ4v) is 1.54. The number of rotatable bonds is 7. The van der Waals surface area contributed by atoms with Crippen LogP contribution in [0.3, 0.4) is 0 Å². The quantitative estimate of drug-likeness (QED) is 0.744. The minimum absolute atomic E-state index is 0.186. The summed E-state index contributed by atoms with van der Waals surface area (Å²) >= 11 is 0. The zero-order valence-corrected chi connectivity index (χ0v) is 11.9. The molecule has 5 heteroatoms. The van der Waals surface area contributed by atoms with Crippen LogP contribution >= 0.6 is 0 Å². The molecule has 0 aliphatic heterocycles. The largest absolute Gasteiger partial charge is 0.382 e. The first-order valence-electron chi connectivity index (χ1n) is 6.53. The third-order valence-corrected chi connectivity index (χ3v) is 2.60. The number of carbonyl (C=O) groups excluding carboxylic acids is 1. The van der Waals surface area contributed by atoms with E-state index in [4.69, 9.17) is 4.74 Å². The van der Waals surface area contributed by atoms with Crippen LogP contribution in [0.5, 0.6) is 0 Å². The molecule has 0 heterocycles. The average Bonchev–Trinajstić information content (AvgIpc) is 2.39. The van der Waals surface area contributed by atoms with Gasteiger partial charge in [-0.2, -0.15) is 0 Å². The van der Waals surface area contributed by atoms with E-state index in [0.717, 1.165) is 17.8 Å². The topological polar surface area (TPSA) is 53.6 Å². The Morgan fingerprint density at radius 2 is 1.95 bits per heavy atom. The van der Waals surface area contributed by atoms with Crippen LogP contribution < -0.4 is 15.5 Å². The highest BCUT2D eigenvalue weighted by Crippen LogP contribution is 2.15. The minimum atomic E-state index is -0.186. The fraction of sp³-hybridized carbons (Fsp3) is 0.500. The minimum Gasteiger partial charge on any atom is -0.382 e. The number of urea groups is 1. The van der Waals surface area contributed by atoms with Crippen molar-refractivity contribution in [2.24, 2.45) is 0 Å². The average molecular weight is 265 g/mol. The van der Waals surface area contributed by atoms with Gasteiger partial charge in [0.2, 0.25) is 0 Å². The summed E-state index contributed by atoms with van der Waals surface area (Å²) in [5.74, 6) is 0. The van der Waals surface area contributed by atoms with Crippen LogP contribution in [0.25, 0.3) is 0 Å². The molecule has 1 aromatic carbocycles. The van der Waals surface area contributed by atoms with Crippen molar-refractivity contribution < 1.29 is 9.53 Å². The number of hydrogen-bond donors (Lipinski definition) is 2. The van der Waals surface area contributed by atoms with Crippen molar-refractivity contribution in [3.63, 3.8) is 0 Å². The predicted molar refractivity (Wildman–Crippen MR) is 78.9 cm³/mol. The van der Waals surface area contributed by atoms with Crippen LogP contribution in [-0.2, 0) is 4.74 Å². The van der Waals surface area contributed by atoms with Gasteiger partial charge in [-0.15, -0.1) is 0 Å². The molecule has 106 valence electrons. The smallest absolute Gasteiger partial charge is 0.319 e. The van der Waals surface area contributed by atoms with E-state index in [1.54, 1.807) is 0 Å². The molecule has 0 saturated heterocycles. The molecule has 0 saturated carbocycles. The van der Waals surface area contributed by atoms with Crippen molar-refractivity contribution >= 4 is 17.4 Å².